The monoisotopic (exact) mass is 471 g/mol. The number of piperidine rings is 1. The summed E-state index contributed by atoms with van der Waals surface area (Å²) in [4.78, 5) is 43.7. The van der Waals surface area contributed by atoms with Crippen molar-refractivity contribution in [2.75, 3.05) is 24.5 Å². The molecule has 0 radical (unpaired) electrons. The molecule has 2 bridgehead atoms. The number of nitrogens with zero attached hydrogens (tertiary/aromatic N) is 3. The summed E-state index contributed by atoms with van der Waals surface area (Å²) in [6.45, 7) is 9.02. The van der Waals surface area contributed by atoms with Crippen LogP contribution in [0.25, 0.3) is 0 Å². The minimum absolute atomic E-state index is 0.00273. The van der Waals surface area contributed by atoms with E-state index in [0.29, 0.717) is 38.0 Å². The van der Waals surface area contributed by atoms with E-state index < -0.39 is 5.97 Å². The molecule has 0 saturated carbocycles. The second-order valence-electron chi connectivity index (χ2n) is 10.1. The quantitative estimate of drug-likeness (QED) is 0.641. The Labute approximate surface area is 204 Å². The molecule has 1 N–H and O–H groups in total. The minimum atomic E-state index is -0.956. The van der Waals surface area contributed by atoms with Gasteiger partial charge in [-0.2, -0.15) is 0 Å². The molecule has 2 aliphatic heterocycles. The molecule has 34 heavy (non-hydrogen) atoms. The van der Waals surface area contributed by atoms with Crippen molar-refractivity contribution in [3.05, 3.63) is 29.8 Å². The standard InChI is InChI=1S/C27H41N3O4/c1-4-25(31)30-17-15-22-9-7-10-23(29(22)16-14-20(2)3)19-28(26(32)12-13-27(33)34)18-21-8-5-6-11-24(21)30/h5-6,8,11,20,22-23H,4,7,9-10,12-19H2,1-3H3,(H,33,34). The predicted octanol–water partition coefficient (Wildman–Crippen LogP) is 4.30. The van der Waals surface area contributed by atoms with Gasteiger partial charge in [0.05, 0.1) is 6.42 Å². The molecule has 0 spiro atoms. The SMILES string of the molecule is CCC(=O)N1CCC2CCCC(CN(C(=O)CCC(=O)O)Cc3ccccc31)N2CCC(C)C. The number of hydrogen-bond donors (Lipinski definition) is 1. The smallest absolute Gasteiger partial charge is 0.303 e. The molecule has 188 valence electrons. The number of para-hydroxylation sites is 1. The zero-order valence-electron chi connectivity index (χ0n) is 21.0. The van der Waals surface area contributed by atoms with Crippen LogP contribution in [0.5, 0.6) is 0 Å². The highest BCUT2D eigenvalue weighted by Crippen LogP contribution is 2.31. The fraction of sp³-hybridized carbons (Fsp3) is 0.667. The van der Waals surface area contributed by atoms with Crippen molar-refractivity contribution < 1.29 is 19.5 Å². The highest BCUT2D eigenvalue weighted by atomic mass is 16.4. The van der Waals surface area contributed by atoms with Gasteiger partial charge >= 0.3 is 5.97 Å². The Kier molecular flexibility index (Phi) is 9.51. The van der Waals surface area contributed by atoms with Crippen molar-refractivity contribution in [2.24, 2.45) is 5.92 Å². The Hall–Kier alpha value is -2.41. The molecule has 3 rings (SSSR count). The van der Waals surface area contributed by atoms with E-state index in [2.05, 4.69) is 18.7 Å². The zero-order chi connectivity index (χ0) is 24.7. The first-order valence-electron chi connectivity index (χ1n) is 12.9. The van der Waals surface area contributed by atoms with Gasteiger partial charge in [0.15, 0.2) is 0 Å². The summed E-state index contributed by atoms with van der Waals surface area (Å²) >= 11 is 0. The van der Waals surface area contributed by atoms with Crippen molar-refractivity contribution in [2.45, 2.75) is 90.8 Å². The third-order valence-electron chi connectivity index (χ3n) is 7.25. The van der Waals surface area contributed by atoms with Gasteiger partial charge < -0.3 is 14.9 Å². The number of carbonyl (C=O) groups excluding carboxylic acids is 2. The van der Waals surface area contributed by atoms with Crippen LogP contribution in [-0.4, -0.2) is 64.4 Å². The molecule has 2 heterocycles. The maximum atomic E-state index is 13.2. The average Bonchev–Trinajstić information content (AvgIpc) is 2.82. The van der Waals surface area contributed by atoms with Crippen molar-refractivity contribution in [3.8, 4) is 0 Å². The van der Waals surface area contributed by atoms with Crippen LogP contribution in [0, 0.1) is 5.92 Å². The number of carbonyl (C=O) groups is 3. The van der Waals surface area contributed by atoms with Gasteiger partial charge in [-0.05, 0) is 49.8 Å². The third-order valence-corrected chi connectivity index (χ3v) is 7.25. The molecule has 1 fully saturated rings. The van der Waals surface area contributed by atoms with Crippen LogP contribution in [0.15, 0.2) is 24.3 Å². The van der Waals surface area contributed by atoms with Crippen molar-refractivity contribution >= 4 is 23.5 Å². The lowest BCUT2D eigenvalue weighted by Gasteiger charge is -2.44. The number of aliphatic carboxylic acids is 1. The lowest BCUT2D eigenvalue weighted by atomic mass is 9.92. The molecular formula is C27H41N3O4. The van der Waals surface area contributed by atoms with Crippen molar-refractivity contribution in [1.29, 1.82) is 0 Å². The molecule has 2 unspecified atom stereocenters. The molecule has 7 heteroatoms. The van der Waals surface area contributed by atoms with Gasteiger partial charge in [0, 0.05) is 50.2 Å². The van der Waals surface area contributed by atoms with E-state index in [-0.39, 0.29) is 30.7 Å². The summed E-state index contributed by atoms with van der Waals surface area (Å²) in [5.74, 6) is -0.399. The fourth-order valence-corrected chi connectivity index (χ4v) is 5.34. The van der Waals surface area contributed by atoms with E-state index in [1.165, 1.54) is 0 Å². The zero-order valence-corrected chi connectivity index (χ0v) is 21.0. The van der Waals surface area contributed by atoms with Crippen LogP contribution in [-0.2, 0) is 20.9 Å². The molecule has 2 aliphatic rings. The molecule has 0 aliphatic carbocycles. The Morgan fingerprint density at radius 2 is 1.76 bits per heavy atom. The van der Waals surface area contributed by atoms with Crippen LogP contribution in [0.2, 0.25) is 0 Å². The van der Waals surface area contributed by atoms with E-state index >= 15 is 0 Å². The normalized spacial score (nSPS) is 21.6. The number of carboxylic acids is 1. The van der Waals surface area contributed by atoms with Gasteiger partial charge in [0.25, 0.3) is 0 Å². The maximum Gasteiger partial charge on any atom is 0.303 e. The van der Waals surface area contributed by atoms with Crippen LogP contribution in [0.3, 0.4) is 0 Å². The Morgan fingerprint density at radius 1 is 1.03 bits per heavy atom. The van der Waals surface area contributed by atoms with Gasteiger partial charge in [-0.25, -0.2) is 0 Å². The lowest BCUT2D eigenvalue weighted by Crippen LogP contribution is -2.53. The maximum absolute atomic E-state index is 13.2. The summed E-state index contributed by atoms with van der Waals surface area (Å²) in [7, 11) is 0. The Morgan fingerprint density at radius 3 is 2.47 bits per heavy atom. The summed E-state index contributed by atoms with van der Waals surface area (Å²) in [6.07, 6.45) is 5.53. The van der Waals surface area contributed by atoms with E-state index in [4.69, 9.17) is 5.11 Å². The van der Waals surface area contributed by atoms with E-state index in [9.17, 15) is 14.4 Å². The molecule has 1 aromatic carbocycles. The molecule has 0 aromatic heterocycles. The van der Waals surface area contributed by atoms with Gasteiger partial charge in [0.1, 0.15) is 0 Å². The number of rotatable bonds is 7. The van der Waals surface area contributed by atoms with Gasteiger partial charge in [0.2, 0.25) is 11.8 Å². The van der Waals surface area contributed by atoms with E-state index in [1.54, 1.807) is 0 Å². The topological polar surface area (TPSA) is 81.2 Å². The van der Waals surface area contributed by atoms with Gasteiger partial charge in [-0.1, -0.05) is 45.4 Å². The first-order chi connectivity index (χ1) is 16.3. The Balaban J connectivity index is 1.99. The summed E-state index contributed by atoms with van der Waals surface area (Å²) in [5.41, 5.74) is 1.81. The number of carboxylic acid groups (broad SMARTS) is 1. The fourth-order valence-electron chi connectivity index (χ4n) is 5.34. The molecule has 2 amide bonds. The number of amides is 2. The average molecular weight is 472 g/mol. The highest BCUT2D eigenvalue weighted by molar-refractivity contribution is 5.94. The van der Waals surface area contributed by atoms with Crippen LogP contribution in [0.1, 0.15) is 77.7 Å². The summed E-state index contributed by atoms with van der Waals surface area (Å²) in [6, 6.07) is 8.49. The second kappa shape index (κ2) is 12.3. The molecule has 1 aromatic rings. The summed E-state index contributed by atoms with van der Waals surface area (Å²) in [5, 5.41) is 9.14. The lowest BCUT2D eigenvalue weighted by molar-refractivity contribution is -0.141. The number of fused-ring (bicyclic) bond motifs is 3. The molecule has 1 saturated heterocycles. The van der Waals surface area contributed by atoms with Gasteiger partial charge in [-0.3, -0.25) is 19.3 Å². The number of anilines is 1. The van der Waals surface area contributed by atoms with Crippen molar-refractivity contribution in [3.63, 3.8) is 0 Å². The van der Waals surface area contributed by atoms with Crippen LogP contribution >= 0.6 is 0 Å². The second-order valence-corrected chi connectivity index (χ2v) is 10.1. The third kappa shape index (κ3) is 6.81. The minimum Gasteiger partial charge on any atom is -0.481 e. The predicted molar refractivity (Wildman–Crippen MR) is 134 cm³/mol. The van der Waals surface area contributed by atoms with E-state index in [1.807, 2.05) is 41.0 Å². The summed E-state index contributed by atoms with van der Waals surface area (Å²) < 4.78 is 0. The molecule has 7 nitrogen and oxygen atoms in total. The first kappa shape index (κ1) is 26.2. The van der Waals surface area contributed by atoms with Crippen molar-refractivity contribution in [1.82, 2.24) is 9.80 Å². The first-order valence-corrected chi connectivity index (χ1v) is 12.9. The molecule has 2 atom stereocenters. The van der Waals surface area contributed by atoms with Gasteiger partial charge in [-0.15, -0.1) is 0 Å². The largest absolute Gasteiger partial charge is 0.481 e. The Bertz CT molecular complexity index is 856. The highest BCUT2D eigenvalue weighted by Gasteiger charge is 2.34. The van der Waals surface area contributed by atoms with E-state index in [0.717, 1.165) is 49.9 Å². The van der Waals surface area contributed by atoms with Crippen LogP contribution < -0.4 is 4.90 Å². The van der Waals surface area contributed by atoms with Crippen LogP contribution in [0.4, 0.5) is 5.69 Å². The number of hydrogen-bond acceptors (Lipinski definition) is 4. The number of benzene rings is 1. The molecular weight excluding hydrogens is 430 g/mol.